The normalized spacial score (nSPS) is 16.0. The van der Waals surface area contributed by atoms with Crippen LogP contribution in [0.3, 0.4) is 0 Å². The summed E-state index contributed by atoms with van der Waals surface area (Å²) < 4.78 is 5.79. The third kappa shape index (κ3) is 5.84. The number of hydrogen-bond acceptors (Lipinski definition) is 4. The Morgan fingerprint density at radius 1 is 1.10 bits per heavy atom. The summed E-state index contributed by atoms with van der Waals surface area (Å²) >= 11 is 0. The van der Waals surface area contributed by atoms with Crippen molar-refractivity contribution in [2.24, 2.45) is 0 Å². The van der Waals surface area contributed by atoms with E-state index >= 15 is 0 Å². The van der Waals surface area contributed by atoms with Gasteiger partial charge in [0.15, 0.2) is 0 Å². The zero-order chi connectivity index (χ0) is 20.6. The second kappa shape index (κ2) is 9.41. The van der Waals surface area contributed by atoms with E-state index < -0.39 is 0 Å². The summed E-state index contributed by atoms with van der Waals surface area (Å²) in [6, 6.07) is 17.0. The Balaban J connectivity index is 1.66. The van der Waals surface area contributed by atoms with E-state index in [1.54, 1.807) is 24.4 Å². The van der Waals surface area contributed by atoms with Crippen molar-refractivity contribution < 1.29 is 14.3 Å². The molecule has 0 spiro atoms. The zero-order valence-corrected chi connectivity index (χ0v) is 16.2. The third-order valence-electron chi connectivity index (χ3n) is 4.33. The lowest BCUT2D eigenvalue weighted by Gasteiger charge is -2.11. The van der Waals surface area contributed by atoms with E-state index in [4.69, 9.17) is 4.74 Å². The lowest BCUT2D eigenvalue weighted by molar-refractivity contribution is -0.121. The van der Waals surface area contributed by atoms with Gasteiger partial charge in [-0.15, -0.1) is 0 Å². The lowest BCUT2D eigenvalue weighted by atomic mass is 10.1. The van der Waals surface area contributed by atoms with Crippen LogP contribution in [0.25, 0.3) is 0 Å². The molecule has 6 nitrogen and oxygen atoms in total. The van der Waals surface area contributed by atoms with Gasteiger partial charge in [-0.2, -0.15) is 0 Å². The van der Waals surface area contributed by atoms with Crippen LogP contribution in [0.2, 0.25) is 0 Å². The van der Waals surface area contributed by atoms with Crippen LogP contribution in [0.1, 0.15) is 18.9 Å². The molecule has 0 saturated carbocycles. The van der Waals surface area contributed by atoms with Crippen molar-refractivity contribution in [1.82, 2.24) is 10.6 Å². The molecule has 2 aromatic rings. The second-order valence-corrected chi connectivity index (χ2v) is 6.62. The van der Waals surface area contributed by atoms with Crippen molar-refractivity contribution in [2.75, 3.05) is 5.32 Å². The topological polar surface area (TPSA) is 79.5 Å². The van der Waals surface area contributed by atoms with Crippen molar-refractivity contribution in [3.05, 3.63) is 96.0 Å². The first kappa shape index (κ1) is 19.9. The minimum Gasteiger partial charge on any atom is -0.489 e. The predicted molar refractivity (Wildman–Crippen MR) is 113 cm³/mol. The third-order valence-corrected chi connectivity index (χ3v) is 4.33. The highest BCUT2D eigenvalue weighted by Gasteiger charge is 2.16. The van der Waals surface area contributed by atoms with E-state index in [1.165, 1.54) is 6.20 Å². The molecule has 0 bridgehead atoms. The standard InChI is InChI=1S/C23H23N3O3/c1-16-13-25-22(27)11-19(14-24-17(16)2)23(28)26-20-9-6-10-21(12-20)29-15-18-7-4-3-5-8-18/h3-10,12-14,24H,2,11,15H2,1H3,(H,25,27)(H,26,28)/b16-13?,19-14+. The van der Waals surface area contributed by atoms with Crippen LogP contribution in [0.4, 0.5) is 5.69 Å². The van der Waals surface area contributed by atoms with Gasteiger partial charge in [0.1, 0.15) is 12.4 Å². The first-order valence-electron chi connectivity index (χ1n) is 9.20. The molecule has 0 saturated heterocycles. The predicted octanol–water partition coefficient (Wildman–Crippen LogP) is 3.62. The van der Waals surface area contributed by atoms with Gasteiger partial charge in [0.25, 0.3) is 5.91 Å². The maximum absolute atomic E-state index is 12.7. The van der Waals surface area contributed by atoms with E-state index in [2.05, 4.69) is 22.5 Å². The van der Waals surface area contributed by atoms with Crippen molar-refractivity contribution >= 4 is 17.5 Å². The summed E-state index contributed by atoms with van der Waals surface area (Å²) in [7, 11) is 0. The Morgan fingerprint density at radius 3 is 2.69 bits per heavy atom. The van der Waals surface area contributed by atoms with Crippen molar-refractivity contribution in [3.63, 3.8) is 0 Å². The Labute approximate surface area is 170 Å². The number of amides is 2. The lowest BCUT2D eigenvalue weighted by Crippen LogP contribution is -2.23. The number of hydrogen-bond donors (Lipinski definition) is 3. The molecule has 3 rings (SSSR count). The first-order chi connectivity index (χ1) is 14.0. The number of allylic oxidation sites excluding steroid dienone is 1. The SMILES string of the molecule is C=C1N/C=C(/C(=O)Nc2cccc(OCc3ccccc3)c2)CC(=O)NC=C1C. The van der Waals surface area contributed by atoms with E-state index in [1.807, 2.05) is 43.3 Å². The summed E-state index contributed by atoms with van der Waals surface area (Å²) in [5.74, 6) is -0.0124. The molecule has 1 heterocycles. The van der Waals surface area contributed by atoms with Gasteiger partial charge in [0, 0.05) is 35.4 Å². The Hall–Kier alpha value is -3.80. The fourth-order valence-electron chi connectivity index (χ4n) is 2.60. The van der Waals surface area contributed by atoms with E-state index in [0.29, 0.717) is 29.3 Å². The summed E-state index contributed by atoms with van der Waals surface area (Å²) in [6.45, 7) is 6.12. The maximum Gasteiger partial charge on any atom is 0.253 e. The monoisotopic (exact) mass is 389 g/mol. The van der Waals surface area contributed by atoms with Gasteiger partial charge in [0.2, 0.25) is 5.91 Å². The van der Waals surface area contributed by atoms with Crippen molar-refractivity contribution in [1.29, 1.82) is 0 Å². The molecule has 0 radical (unpaired) electrons. The van der Waals surface area contributed by atoms with E-state index in [0.717, 1.165) is 11.1 Å². The average molecular weight is 389 g/mol. The molecule has 6 heteroatoms. The van der Waals surface area contributed by atoms with Gasteiger partial charge in [-0.1, -0.05) is 43.0 Å². The number of carbonyl (C=O) groups excluding carboxylic acids is 2. The fraction of sp³-hybridized carbons (Fsp3) is 0.130. The number of anilines is 1. The molecule has 0 fully saturated rings. The van der Waals surface area contributed by atoms with Gasteiger partial charge in [-0.3, -0.25) is 9.59 Å². The number of carbonyl (C=O) groups is 2. The van der Waals surface area contributed by atoms with Crippen LogP contribution in [0.15, 0.2) is 90.4 Å². The van der Waals surface area contributed by atoms with Gasteiger partial charge >= 0.3 is 0 Å². The molecule has 2 aromatic carbocycles. The number of nitrogens with one attached hydrogen (secondary N) is 3. The highest BCUT2D eigenvalue weighted by Crippen LogP contribution is 2.20. The molecular weight excluding hydrogens is 366 g/mol. The van der Waals surface area contributed by atoms with Crippen LogP contribution in [-0.2, 0) is 16.2 Å². The summed E-state index contributed by atoms with van der Waals surface area (Å²) in [5.41, 5.74) is 3.31. The summed E-state index contributed by atoms with van der Waals surface area (Å²) in [5, 5.41) is 8.42. The average Bonchev–Trinajstić information content (AvgIpc) is 2.79. The van der Waals surface area contributed by atoms with Crippen LogP contribution in [-0.4, -0.2) is 11.8 Å². The highest BCUT2D eigenvalue weighted by atomic mass is 16.5. The van der Waals surface area contributed by atoms with E-state index in [9.17, 15) is 9.59 Å². The van der Waals surface area contributed by atoms with Gasteiger partial charge in [-0.05, 0) is 30.2 Å². The molecule has 3 N–H and O–H groups in total. The molecule has 1 aliphatic heterocycles. The van der Waals surface area contributed by atoms with Gasteiger partial charge < -0.3 is 20.7 Å². The van der Waals surface area contributed by atoms with Crippen LogP contribution in [0, 0.1) is 0 Å². The Kier molecular flexibility index (Phi) is 6.47. The van der Waals surface area contributed by atoms with Gasteiger partial charge in [-0.25, -0.2) is 0 Å². The highest BCUT2D eigenvalue weighted by molar-refractivity contribution is 6.06. The minimum absolute atomic E-state index is 0.0555. The zero-order valence-electron chi connectivity index (χ0n) is 16.2. The van der Waals surface area contributed by atoms with Crippen LogP contribution < -0.4 is 20.7 Å². The quantitative estimate of drug-likeness (QED) is 0.730. The Morgan fingerprint density at radius 2 is 1.90 bits per heavy atom. The molecule has 0 aromatic heterocycles. The smallest absolute Gasteiger partial charge is 0.253 e. The molecule has 148 valence electrons. The first-order valence-corrected chi connectivity index (χ1v) is 9.20. The molecule has 1 aliphatic rings. The number of ether oxygens (including phenoxy) is 1. The van der Waals surface area contributed by atoms with Crippen molar-refractivity contribution in [2.45, 2.75) is 20.0 Å². The fourth-order valence-corrected chi connectivity index (χ4v) is 2.60. The van der Waals surface area contributed by atoms with Crippen molar-refractivity contribution in [3.8, 4) is 5.75 Å². The minimum atomic E-state index is -0.375. The molecular formula is C23H23N3O3. The Bertz CT molecular complexity index is 978. The van der Waals surface area contributed by atoms with Gasteiger partial charge in [0.05, 0.1) is 6.42 Å². The second-order valence-electron chi connectivity index (χ2n) is 6.62. The summed E-state index contributed by atoms with van der Waals surface area (Å²) in [4.78, 5) is 24.7. The molecule has 29 heavy (non-hydrogen) atoms. The van der Waals surface area contributed by atoms with E-state index in [-0.39, 0.29) is 18.2 Å². The largest absolute Gasteiger partial charge is 0.489 e. The maximum atomic E-state index is 12.7. The van der Waals surface area contributed by atoms with Crippen LogP contribution >= 0.6 is 0 Å². The van der Waals surface area contributed by atoms with Crippen LogP contribution in [0.5, 0.6) is 5.75 Å². The summed E-state index contributed by atoms with van der Waals surface area (Å²) in [6.07, 6.45) is 3.02. The molecule has 0 aliphatic carbocycles. The molecule has 0 atom stereocenters. The molecule has 2 amide bonds. The number of rotatable bonds is 5. The number of benzene rings is 2. The molecule has 0 unspecified atom stereocenters.